The van der Waals surface area contributed by atoms with Crippen molar-refractivity contribution in [3.63, 3.8) is 0 Å². The molecule has 0 aliphatic carbocycles. The highest BCUT2D eigenvalue weighted by Crippen LogP contribution is 2.19. The van der Waals surface area contributed by atoms with Gasteiger partial charge in [0.25, 0.3) is 0 Å². The third-order valence-corrected chi connectivity index (χ3v) is 4.42. The Bertz CT molecular complexity index is 616. The van der Waals surface area contributed by atoms with Crippen molar-refractivity contribution >= 4 is 22.8 Å². The second kappa shape index (κ2) is 6.32. The normalized spacial score (nSPS) is 17.7. The summed E-state index contributed by atoms with van der Waals surface area (Å²) in [6, 6.07) is 2.08. The average molecular weight is 307 g/mol. The number of nitrogens with zero attached hydrogens (tertiary/aromatic N) is 4. The molecule has 0 aromatic carbocycles. The molecule has 3 rings (SSSR count). The Balaban J connectivity index is 1.81. The summed E-state index contributed by atoms with van der Waals surface area (Å²) in [7, 11) is 0. The van der Waals surface area contributed by atoms with Crippen LogP contribution in [-0.4, -0.2) is 39.1 Å². The Morgan fingerprint density at radius 1 is 1.29 bits per heavy atom. The number of alkyl halides is 1. The zero-order chi connectivity index (χ0) is 14.8. The summed E-state index contributed by atoms with van der Waals surface area (Å²) < 4.78 is 2.20. The molecule has 0 saturated carbocycles. The quantitative estimate of drug-likeness (QED) is 0.796. The lowest BCUT2D eigenvalue weighted by Gasteiger charge is -2.21. The molecule has 0 bridgehead atoms. The number of aromatic nitrogens is 3. The van der Waals surface area contributed by atoms with Gasteiger partial charge in [0.2, 0.25) is 0 Å². The second-order valence-electron chi connectivity index (χ2n) is 6.24. The van der Waals surface area contributed by atoms with Crippen LogP contribution >= 0.6 is 11.6 Å². The van der Waals surface area contributed by atoms with E-state index in [0.717, 1.165) is 35.6 Å². The lowest BCUT2D eigenvalue weighted by Crippen LogP contribution is -2.28. The number of fused-ring (bicyclic) bond motifs is 1. The fourth-order valence-corrected chi connectivity index (χ4v) is 3.43. The third-order valence-electron chi connectivity index (χ3n) is 4.18. The minimum absolute atomic E-state index is 0.436. The molecule has 4 nitrogen and oxygen atoms in total. The number of pyridine rings is 1. The molecule has 1 saturated heterocycles. The van der Waals surface area contributed by atoms with E-state index in [0.29, 0.717) is 11.8 Å². The molecular weight excluding hydrogens is 284 g/mol. The molecule has 1 fully saturated rings. The molecule has 1 aliphatic rings. The summed E-state index contributed by atoms with van der Waals surface area (Å²) in [5.41, 5.74) is 3.06. The molecule has 3 heterocycles. The van der Waals surface area contributed by atoms with Crippen LogP contribution in [0.3, 0.4) is 0 Å². The molecule has 5 heteroatoms. The van der Waals surface area contributed by atoms with Gasteiger partial charge in [-0.1, -0.05) is 6.92 Å². The first-order valence-electron chi connectivity index (χ1n) is 7.77. The van der Waals surface area contributed by atoms with Crippen LogP contribution in [0, 0.1) is 12.8 Å². The number of halogens is 1. The van der Waals surface area contributed by atoms with Gasteiger partial charge in [-0.15, -0.1) is 11.6 Å². The van der Waals surface area contributed by atoms with E-state index >= 15 is 0 Å². The minimum Gasteiger partial charge on any atom is -0.311 e. The Morgan fingerprint density at radius 2 is 2.05 bits per heavy atom. The fourth-order valence-electron chi connectivity index (χ4n) is 3.23. The van der Waals surface area contributed by atoms with E-state index < -0.39 is 0 Å². The monoisotopic (exact) mass is 306 g/mol. The van der Waals surface area contributed by atoms with Crippen molar-refractivity contribution in [3.05, 3.63) is 23.7 Å². The first kappa shape index (κ1) is 14.8. The van der Waals surface area contributed by atoms with Gasteiger partial charge in [0, 0.05) is 19.3 Å². The fraction of sp³-hybridized carbons (Fsp3) is 0.625. The van der Waals surface area contributed by atoms with E-state index in [-0.39, 0.29) is 0 Å². The van der Waals surface area contributed by atoms with Gasteiger partial charge < -0.3 is 9.47 Å². The number of hydrogen-bond acceptors (Lipinski definition) is 3. The zero-order valence-corrected chi connectivity index (χ0v) is 13.6. The number of hydrogen-bond donors (Lipinski definition) is 0. The van der Waals surface area contributed by atoms with Crippen molar-refractivity contribution < 1.29 is 0 Å². The van der Waals surface area contributed by atoms with Crippen LogP contribution in [0.4, 0.5) is 0 Å². The van der Waals surface area contributed by atoms with Crippen molar-refractivity contribution in [2.24, 2.45) is 5.92 Å². The molecule has 0 amide bonds. The highest BCUT2D eigenvalue weighted by Gasteiger charge is 2.18. The lowest BCUT2D eigenvalue weighted by atomic mass is 10.1. The molecular formula is C16H23ClN4. The molecule has 0 spiro atoms. The largest absolute Gasteiger partial charge is 0.311 e. The van der Waals surface area contributed by atoms with E-state index in [1.165, 1.54) is 25.9 Å². The van der Waals surface area contributed by atoms with Gasteiger partial charge in [-0.05, 0) is 50.4 Å². The Kier molecular flexibility index (Phi) is 4.45. The highest BCUT2D eigenvalue weighted by molar-refractivity contribution is 6.16. The first-order valence-corrected chi connectivity index (χ1v) is 8.31. The molecule has 2 aromatic heterocycles. The maximum atomic E-state index is 6.08. The zero-order valence-electron chi connectivity index (χ0n) is 12.8. The molecule has 1 unspecified atom stereocenters. The van der Waals surface area contributed by atoms with Crippen LogP contribution in [-0.2, 0) is 12.4 Å². The predicted molar refractivity (Wildman–Crippen MR) is 86.7 cm³/mol. The maximum Gasteiger partial charge on any atom is 0.160 e. The smallest absolute Gasteiger partial charge is 0.160 e. The van der Waals surface area contributed by atoms with E-state index in [9.17, 15) is 0 Å². The maximum absolute atomic E-state index is 6.08. The predicted octanol–water partition coefficient (Wildman–Crippen LogP) is 3.21. The summed E-state index contributed by atoms with van der Waals surface area (Å²) in [5, 5.41) is 0. The van der Waals surface area contributed by atoms with Crippen LogP contribution in [0.15, 0.2) is 12.3 Å². The number of likely N-dealkylation sites (tertiary alicyclic amines) is 1. The van der Waals surface area contributed by atoms with Crippen molar-refractivity contribution in [2.75, 3.05) is 19.6 Å². The average Bonchev–Trinajstić information content (AvgIpc) is 3.06. The van der Waals surface area contributed by atoms with Gasteiger partial charge in [0.05, 0.1) is 5.88 Å². The van der Waals surface area contributed by atoms with Crippen molar-refractivity contribution in [3.8, 4) is 0 Å². The van der Waals surface area contributed by atoms with Crippen LogP contribution in [0.2, 0.25) is 0 Å². The Labute approximate surface area is 131 Å². The third kappa shape index (κ3) is 3.22. The standard InChI is InChI=1S/C16H23ClN4/c1-12-7-14-16(18-9-12)21(15(8-17)19-14)11-13(2)10-20-5-3-4-6-20/h7,9,13H,3-6,8,10-11H2,1-2H3. The first-order chi connectivity index (χ1) is 10.2. The van der Waals surface area contributed by atoms with E-state index in [4.69, 9.17) is 11.6 Å². The SMILES string of the molecule is Cc1cnc2c(c1)nc(CCl)n2CC(C)CN1CCCC1. The van der Waals surface area contributed by atoms with E-state index in [1.54, 1.807) is 0 Å². The van der Waals surface area contributed by atoms with Crippen molar-refractivity contribution in [1.29, 1.82) is 0 Å². The summed E-state index contributed by atoms with van der Waals surface area (Å²) in [6.07, 6.45) is 4.59. The van der Waals surface area contributed by atoms with Crippen LogP contribution in [0.5, 0.6) is 0 Å². The van der Waals surface area contributed by atoms with Crippen molar-refractivity contribution in [1.82, 2.24) is 19.4 Å². The van der Waals surface area contributed by atoms with Crippen molar-refractivity contribution in [2.45, 2.75) is 39.1 Å². The van der Waals surface area contributed by atoms with E-state index in [1.807, 2.05) is 13.1 Å². The van der Waals surface area contributed by atoms with Gasteiger partial charge in [-0.3, -0.25) is 0 Å². The molecule has 2 aromatic rings. The summed E-state index contributed by atoms with van der Waals surface area (Å²) in [5.74, 6) is 1.94. The van der Waals surface area contributed by atoms with Gasteiger partial charge >= 0.3 is 0 Å². The lowest BCUT2D eigenvalue weighted by molar-refractivity contribution is 0.272. The van der Waals surface area contributed by atoms with Gasteiger partial charge in [0.15, 0.2) is 5.65 Å². The summed E-state index contributed by atoms with van der Waals surface area (Å²) in [4.78, 5) is 11.8. The van der Waals surface area contributed by atoms with Crippen LogP contribution in [0.1, 0.15) is 31.2 Å². The molecule has 0 radical (unpaired) electrons. The Morgan fingerprint density at radius 3 is 2.76 bits per heavy atom. The summed E-state index contributed by atoms with van der Waals surface area (Å²) in [6.45, 7) is 8.92. The molecule has 0 N–H and O–H groups in total. The van der Waals surface area contributed by atoms with Crippen LogP contribution < -0.4 is 0 Å². The van der Waals surface area contributed by atoms with E-state index in [2.05, 4.69) is 32.4 Å². The molecule has 114 valence electrons. The second-order valence-corrected chi connectivity index (χ2v) is 6.51. The highest BCUT2D eigenvalue weighted by atomic mass is 35.5. The molecule has 1 atom stereocenters. The number of imidazole rings is 1. The van der Waals surface area contributed by atoms with Gasteiger partial charge in [0.1, 0.15) is 11.3 Å². The van der Waals surface area contributed by atoms with Gasteiger partial charge in [-0.2, -0.15) is 0 Å². The Hall–Kier alpha value is -1.13. The number of aryl methyl sites for hydroxylation is 1. The molecule has 21 heavy (non-hydrogen) atoms. The van der Waals surface area contributed by atoms with Gasteiger partial charge in [-0.25, -0.2) is 9.97 Å². The van der Waals surface area contributed by atoms with Crippen LogP contribution in [0.25, 0.3) is 11.2 Å². The molecule has 1 aliphatic heterocycles. The minimum atomic E-state index is 0.436. The number of rotatable bonds is 5. The topological polar surface area (TPSA) is 34.0 Å². The summed E-state index contributed by atoms with van der Waals surface area (Å²) >= 11 is 6.08.